The lowest BCUT2D eigenvalue weighted by molar-refractivity contribution is -0.118. The number of thioether (sulfide) groups is 1. The van der Waals surface area contributed by atoms with E-state index in [2.05, 4.69) is 38.2 Å². The third-order valence-corrected chi connectivity index (χ3v) is 7.37. The average molecular weight is 429 g/mol. The molecule has 1 N–H and O–H groups in total. The number of nitrogens with one attached hydrogen (secondary N) is 1. The second-order valence-corrected chi connectivity index (χ2v) is 11.4. The monoisotopic (exact) mass is 428 g/mol. The number of rotatable bonds is 7. The Hall–Kier alpha value is -1.09. The first-order valence-electron chi connectivity index (χ1n) is 9.61. The fourth-order valence-electron chi connectivity index (χ4n) is 3.06. The summed E-state index contributed by atoms with van der Waals surface area (Å²) in [6.07, 6.45) is -0.233. The van der Waals surface area contributed by atoms with Gasteiger partial charge in [-0.25, -0.2) is 8.42 Å². The minimum atomic E-state index is -3.40. The van der Waals surface area contributed by atoms with E-state index in [0.717, 1.165) is 4.90 Å². The van der Waals surface area contributed by atoms with Crippen LogP contribution in [0, 0.1) is 0 Å². The highest BCUT2D eigenvalue weighted by atomic mass is 32.2. The summed E-state index contributed by atoms with van der Waals surface area (Å²) < 4.78 is 32.0. The molecule has 1 fully saturated rings. The Morgan fingerprint density at radius 3 is 2.29 bits per heavy atom. The maximum absolute atomic E-state index is 12.5. The molecule has 8 heteroatoms. The molecule has 0 radical (unpaired) electrons. The number of amides is 1. The van der Waals surface area contributed by atoms with Gasteiger partial charge in [-0.1, -0.05) is 32.9 Å². The third-order valence-electron chi connectivity index (χ3n) is 4.55. The van der Waals surface area contributed by atoms with Gasteiger partial charge in [-0.05, 0) is 37.0 Å². The van der Waals surface area contributed by atoms with Gasteiger partial charge in [0.15, 0.2) is 0 Å². The minimum Gasteiger partial charge on any atom is -0.373 e. The van der Waals surface area contributed by atoms with Gasteiger partial charge in [0.1, 0.15) is 0 Å². The largest absolute Gasteiger partial charge is 0.373 e. The van der Waals surface area contributed by atoms with E-state index in [1.807, 2.05) is 26.0 Å². The molecule has 28 heavy (non-hydrogen) atoms. The van der Waals surface area contributed by atoms with Crippen LogP contribution in [-0.4, -0.2) is 62.0 Å². The number of sulfonamides is 1. The molecule has 0 spiro atoms. The smallest absolute Gasteiger partial charge is 0.230 e. The van der Waals surface area contributed by atoms with Crippen LogP contribution in [0.2, 0.25) is 0 Å². The Morgan fingerprint density at radius 2 is 1.75 bits per heavy atom. The molecular weight excluding hydrogens is 396 g/mol. The van der Waals surface area contributed by atoms with Gasteiger partial charge in [0.2, 0.25) is 15.9 Å². The third kappa shape index (κ3) is 7.06. The zero-order valence-electron chi connectivity index (χ0n) is 17.4. The van der Waals surface area contributed by atoms with Crippen molar-refractivity contribution in [1.82, 2.24) is 9.62 Å². The van der Waals surface area contributed by atoms with Crippen molar-refractivity contribution in [3.8, 4) is 0 Å². The van der Waals surface area contributed by atoms with Crippen LogP contribution in [0.25, 0.3) is 0 Å². The first-order valence-corrected chi connectivity index (χ1v) is 12.2. The summed E-state index contributed by atoms with van der Waals surface area (Å²) in [7, 11) is -3.40. The van der Waals surface area contributed by atoms with Gasteiger partial charge in [-0.15, -0.1) is 11.8 Å². The first-order chi connectivity index (χ1) is 13.0. The number of ether oxygens (including phenoxy) is 1. The van der Waals surface area contributed by atoms with Crippen molar-refractivity contribution in [2.24, 2.45) is 0 Å². The number of carbonyl (C=O) groups is 1. The van der Waals surface area contributed by atoms with Gasteiger partial charge in [0.25, 0.3) is 0 Å². The molecule has 2 rings (SSSR count). The number of carbonyl (C=O) groups excluding carboxylic acids is 1. The highest BCUT2D eigenvalue weighted by Crippen LogP contribution is 2.25. The highest BCUT2D eigenvalue weighted by molar-refractivity contribution is 8.00. The molecule has 0 aromatic heterocycles. The zero-order valence-corrected chi connectivity index (χ0v) is 19.0. The van der Waals surface area contributed by atoms with Gasteiger partial charge in [-0.3, -0.25) is 4.79 Å². The molecule has 1 amide bonds. The average Bonchev–Trinajstić information content (AvgIpc) is 2.58. The van der Waals surface area contributed by atoms with Gasteiger partial charge < -0.3 is 10.1 Å². The van der Waals surface area contributed by atoms with Crippen LogP contribution in [0.5, 0.6) is 0 Å². The Morgan fingerprint density at radius 1 is 1.18 bits per heavy atom. The predicted molar refractivity (Wildman–Crippen MR) is 114 cm³/mol. The van der Waals surface area contributed by atoms with Crippen molar-refractivity contribution in [3.05, 3.63) is 29.8 Å². The molecular formula is C20H32N2O4S2. The van der Waals surface area contributed by atoms with Crippen molar-refractivity contribution in [3.63, 3.8) is 0 Å². The van der Waals surface area contributed by atoms with E-state index in [1.165, 1.54) is 21.6 Å². The molecule has 2 unspecified atom stereocenters. The van der Waals surface area contributed by atoms with Crippen LogP contribution >= 0.6 is 11.8 Å². The summed E-state index contributed by atoms with van der Waals surface area (Å²) >= 11 is 1.45. The SMILES string of the molecule is CC1CN(S(=O)(=O)CCNC(=O)CSc2ccc(C(C)(C)C)cc2)CC(C)O1. The van der Waals surface area contributed by atoms with Gasteiger partial charge in [0, 0.05) is 24.5 Å². The molecule has 0 bridgehead atoms. The maximum Gasteiger partial charge on any atom is 0.230 e. The molecule has 1 aliphatic heterocycles. The molecule has 1 aliphatic rings. The summed E-state index contributed by atoms with van der Waals surface area (Å²) in [5.41, 5.74) is 1.35. The Bertz CT molecular complexity index is 747. The van der Waals surface area contributed by atoms with Crippen molar-refractivity contribution in [2.45, 2.75) is 57.1 Å². The molecule has 6 nitrogen and oxygen atoms in total. The van der Waals surface area contributed by atoms with Crippen molar-refractivity contribution in [1.29, 1.82) is 0 Å². The lowest BCUT2D eigenvalue weighted by atomic mass is 9.87. The molecule has 1 aromatic rings. The molecule has 0 saturated carbocycles. The van der Waals surface area contributed by atoms with Crippen LogP contribution in [0.15, 0.2) is 29.2 Å². The molecule has 1 heterocycles. The van der Waals surface area contributed by atoms with Crippen LogP contribution in [-0.2, 0) is 25.0 Å². The zero-order chi connectivity index (χ0) is 20.9. The first kappa shape index (κ1) is 23.2. The maximum atomic E-state index is 12.5. The summed E-state index contributed by atoms with van der Waals surface area (Å²) in [5.74, 6) is 0.00716. The van der Waals surface area contributed by atoms with E-state index < -0.39 is 10.0 Å². The standard InChI is InChI=1S/C20H32N2O4S2/c1-15-12-22(13-16(2)26-15)28(24,25)11-10-21-19(23)14-27-18-8-6-17(7-9-18)20(3,4)5/h6-9,15-16H,10-14H2,1-5H3,(H,21,23). The molecule has 1 saturated heterocycles. The van der Waals surface area contributed by atoms with E-state index in [-0.39, 0.29) is 41.6 Å². The van der Waals surface area contributed by atoms with Crippen LogP contribution in [0.1, 0.15) is 40.2 Å². The number of hydrogen-bond acceptors (Lipinski definition) is 5. The van der Waals surface area contributed by atoms with Crippen LogP contribution in [0.4, 0.5) is 0 Å². The topological polar surface area (TPSA) is 75.7 Å². The molecule has 0 aliphatic carbocycles. The quantitative estimate of drug-likeness (QED) is 0.676. The van der Waals surface area contributed by atoms with E-state index >= 15 is 0 Å². The van der Waals surface area contributed by atoms with Crippen molar-refractivity contribution < 1.29 is 17.9 Å². The Kier molecular flexibility index (Phi) is 7.96. The van der Waals surface area contributed by atoms with E-state index in [0.29, 0.717) is 13.1 Å². The lowest BCUT2D eigenvalue weighted by Crippen LogP contribution is -2.49. The van der Waals surface area contributed by atoms with Crippen LogP contribution < -0.4 is 5.32 Å². The second kappa shape index (κ2) is 9.61. The molecule has 158 valence electrons. The molecule has 1 aromatic carbocycles. The Labute approximate surface area is 173 Å². The highest BCUT2D eigenvalue weighted by Gasteiger charge is 2.30. The van der Waals surface area contributed by atoms with Gasteiger partial charge in [0.05, 0.1) is 23.7 Å². The fraction of sp³-hybridized carbons (Fsp3) is 0.650. The lowest BCUT2D eigenvalue weighted by Gasteiger charge is -2.34. The van der Waals surface area contributed by atoms with E-state index in [1.54, 1.807) is 0 Å². The van der Waals surface area contributed by atoms with E-state index in [9.17, 15) is 13.2 Å². The van der Waals surface area contributed by atoms with Crippen LogP contribution in [0.3, 0.4) is 0 Å². The number of hydrogen-bond donors (Lipinski definition) is 1. The summed E-state index contributed by atoms with van der Waals surface area (Å²) in [5, 5.41) is 2.71. The van der Waals surface area contributed by atoms with Crippen molar-refractivity contribution >= 4 is 27.7 Å². The molecule has 2 atom stereocenters. The van der Waals surface area contributed by atoms with E-state index in [4.69, 9.17) is 4.74 Å². The summed E-state index contributed by atoms with van der Waals surface area (Å²) in [6, 6.07) is 8.20. The Balaban J connectivity index is 1.75. The number of morpholine rings is 1. The normalized spacial score (nSPS) is 21.5. The predicted octanol–water partition coefficient (Wildman–Crippen LogP) is 2.63. The number of benzene rings is 1. The van der Waals surface area contributed by atoms with Crippen molar-refractivity contribution in [2.75, 3.05) is 31.1 Å². The van der Waals surface area contributed by atoms with Gasteiger partial charge in [-0.2, -0.15) is 4.31 Å². The van der Waals surface area contributed by atoms with Gasteiger partial charge >= 0.3 is 0 Å². The number of nitrogens with zero attached hydrogens (tertiary/aromatic N) is 1. The summed E-state index contributed by atoms with van der Waals surface area (Å²) in [6.45, 7) is 11.1. The second-order valence-electron chi connectivity index (χ2n) is 8.30. The summed E-state index contributed by atoms with van der Waals surface area (Å²) in [4.78, 5) is 13.1. The fourth-order valence-corrected chi connectivity index (χ4v) is 5.28. The minimum absolute atomic E-state index is 0.0941.